The summed E-state index contributed by atoms with van der Waals surface area (Å²) in [5, 5.41) is 0. The highest BCUT2D eigenvalue weighted by atomic mass is 79.9. The van der Waals surface area contributed by atoms with Crippen LogP contribution >= 0.6 is 15.9 Å². The molecule has 14 heavy (non-hydrogen) atoms. The second kappa shape index (κ2) is 2.31. The van der Waals surface area contributed by atoms with Crippen LogP contribution in [0.25, 0.3) is 0 Å². The van der Waals surface area contributed by atoms with Gasteiger partial charge in [0, 0.05) is 18.8 Å². The van der Waals surface area contributed by atoms with Crippen molar-refractivity contribution in [3.8, 4) is 0 Å². The van der Waals surface area contributed by atoms with E-state index >= 15 is 0 Å². The van der Waals surface area contributed by atoms with Crippen molar-refractivity contribution in [1.29, 1.82) is 0 Å². The minimum Gasteiger partial charge on any atom is -0.299 e. The normalized spacial score (nSPS) is 55.6. The van der Waals surface area contributed by atoms with Gasteiger partial charge in [0.05, 0.1) is 4.32 Å². The molecule has 3 rings (SSSR count). The van der Waals surface area contributed by atoms with Crippen LogP contribution in [0, 0.1) is 17.3 Å². The molecule has 0 aromatic rings. The summed E-state index contributed by atoms with van der Waals surface area (Å²) in [5.74, 6) is 0.900. The molecule has 3 aliphatic carbocycles. The molecule has 2 nitrogen and oxygen atoms in total. The summed E-state index contributed by atoms with van der Waals surface area (Å²) < 4.78 is -0.472. The first-order valence-corrected chi connectivity index (χ1v) is 6.02. The van der Waals surface area contributed by atoms with Gasteiger partial charge < -0.3 is 0 Å². The number of carbonyl (C=O) groups excluding carboxylic acids is 2. The molecule has 0 aliphatic heterocycles. The molecule has 0 spiro atoms. The number of alkyl halides is 1. The third-order valence-electron chi connectivity index (χ3n) is 4.61. The van der Waals surface area contributed by atoms with Gasteiger partial charge >= 0.3 is 0 Å². The predicted molar refractivity (Wildman–Crippen MR) is 55.2 cm³/mol. The minimum absolute atomic E-state index is 0.00579. The molecule has 4 atom stereocenters. The highest BCUT2D eigenvalue weighted by Crippen LogP contribution is 2.67. The Morgan fingerprint density at radius 2 is 2.14 bits per heavy atom. The van der Waals surface area contributed by atoms with Crippen molar-refractivity contribution in [2.45, 2.75) is 36.9 Å². The van der Waals surface area contributed by atoms with Gasteiger partial charge in [-0.2, -0.15) is 0 Å². The maximum absolute atomic E-state index is 11.8. The van der Waals surface area contributed by atoms with Gasteiger partial charge in [0.25, 0.3) is 0 Å². The Bertz CT molecular complexity index is 351. The maximum atomic E-state index is 11.8. The standard InChI is InChI=1S/C11H13BrO2/c1-10-3-2-7(13)9-6(10)4-8(14)11(9,12)5-10/h6,9H,2-5H2,1H3/t6-,9+,10-,11-/m0/s1. The zero-order chi connectivity index (χ0) is 10.1. The lowest BCUT2D eigenvalue weighted by Crippen LogP contribution is -2.34. The van der Waals surface area contributed by atoms with Crippen LogP contribution in [0.2, 0.25) is 0 Å². The van der Waals surface area contributed by atoms with E-state index in [-0.39, 0.29) is 17.1 Å². The highest BCUT2D eigenvalue weighted by Gasteiger charge is 2.70. The van der Waals surface area contributed by atoms with Crippen LogP contribution in [0.15, 0.2) is 0 Å². The average molecular weight is 257 g/mol. The Morgan fingerprint density at radius 1 is 1.43 bits per heavy atom. The number of ketones is 2. The Balaban J connectivity index is 2.15. The zero-order valence-corrected chi connectivity index (χ0v) is 9.76. The van der Waals surface area contributed by atoms with Crippen LogP contribution in [-0.2, 0) is 9.59 Å². The maximum Gasteiger partial charge on any atom is 0.150 e. The van der Waals surface area contributed by atoms with Crippen molar-refractivity contribution in [2.75, 3.05) is 0 Å². The lowest BCUT2D eigenvalue weighted by Gasteiger charge is -2.36. The largest absolute Gasteiger partial charge is 0.299 e. The molecule has 0 N–H and O–H groups in total. The molecule has 3 saturated carbocycles. The summed E-state index contributed by atoms with van der Waals surface area (Å²) in [4.78, 5) is 23.6. The molecule has 0 heterocycles. The van der Waals surface area contributed by atoms with Crippen LogP contribution in [0.5, 0.6) is 0 Å². The fourth-order valence-electron chi connectivity index (χ4n) is 3.87. The minimum atomic E-state index is -0.472. The van der Waals surface area contributed by atoms with Crippen molar-refractivity contribution < 1.29 is 9.59 Å². The molecule has 0 aromatic carbocycles. The third-order valence-corrected chi connectivity index (χ3v) is 5.83. The number of hydrogen-bond acceptors (Lipinski definition) is 2. The number of rotatable bonds is 0. The average Bonchev–Trinajstić information content (AvgIpc) is 2.42. The highest BCUT2D eigenvalue weighted by molar-refractivity contribution is 9.10. The molecule has 0 aromatic heterocycles. The molecule has 3 aliphatic rings. The van der Waals surface area contributed by atoms with E-state index in [2.05, 4.69) is 22.9 Å². The Morgan fingerprint density at radius 3 is 2.79 bits per heavy atom. The molecule has 0 unspecified atom stereocenters. The molecule has 3 fully saturated rings. The van der Waals surface area contributed by atoms with Crippen molar-refractivity contribution in [3.63, 3.8) is 0 Å². The zero-order valence-electron chi connectivity index (χ0n) is 8.18. The second-order valence-electron chi connectivity index (χ2n) is 5.37. The summed E-state index contributed by atoms with van der Waals surface area (Å²) in [6, 6.07) is 0. The topological polar surface area (TPSA) is 34.1 Å². The summed E-state index contributed by atoms with van der Waals surface area (Å²) >= 11 is 3.56. The van der Waals surface area contributed by atoms with E-state index in [9.17, 15) is 9.59 Å². The van der Waals surface area contributed by atoms with E-state index in [1.165, 1.54) is 0 Å². The molecule has 3 heteroatoms. The van der Waals surface area contributed by atoms with Crippen LogP contribution in [0.4, 0.5) is 0 Å². The van der Waals surface area contributed by atoms with E-state index in [1.807, 2.05) is 0 Å². The Labute approximate surface area is 91.6 Å². The van der Waals surface area contributed by atoms with Gasteiger partial charge in [0.2, 0.25) is 0 Å². The first-order chi connectivity index (χ1) is 6.47. The number of carbonyl (C=O) groups is 2. The van der Waals surface area contributed by atoms with Crippen molar-refractivity contribution in [3.05, 3.63) is 0 Å². The summed E-state index contributed by atoms with van der Waals surface area (Å²) in [7, 11) is 0. The van der Waals surface area contributed by atoms with Gasteiger partial charge in [-0.15, -0.1) is 0 Å². The lowest BCUT2D eigenvalue weighted by molar-refractivity contribution is -0.127. The molecule has 0 saturated heterocycles. The monoisotopic (exact) mass is 256 g/mol. The van der Waals surface area contributed by atoms with Crippen LogP contribution in [0.1, 0.15) is 32.6 Å². The second-order valence-corrected chi connectivity index (χ2v) is 6.79. The van der Waals surface area contributed by atoms with Crippen molar-refractivity contribution >= 4 is 27.5 Å². The molecule has 0 radical (unpaired) electrons. The van der Waals surface area contributed by atoms with Gasteiger partial charge in [0.1, 0.15) is 5.78 Å². The molecule has 4 bridgehead atoms. The third kappa shape index (κ3) is 0.791. The number of hydrogen-bond donors (Lipinski definition) is 0. The summed E-state index contributed by atoms with van der Waals surface area (Å²) in [6.07, 6.45) is 3.16. The van der Waals surface area contributed by atoms with E-state index in [0.717, 1.165) is 12.8 Å². The quantitative estimate of drug-likeness (QED) is 0.623. The first-order valence-electron chi connectivity index (χ1n) is 5.22. The first kappa shape index (κ1) is 9.08. The smallest absolute Gasteiger partial charge is 0.150 e. The fourth-order valence-corrected chi connectivity index (χ4v) is 5.25. The Kier molecular flexibility index (Phi) is 1.50. The Hall–Kier alpha value is -0.180. The molecule has 0 amide bonds. The molecule has 76 valence electrons. The summed E-state index contributed by atoms with van der Waals surface area (Å²) in [6.45, 7) is 2.24. The lowest BCUT2D eigenvalue weighted by atomic mass is 9.67. The number of Topliss-reactive ketones (excluding diaryl/α,β-unsaturated/α-hetero) is 2. The van der Waals surface area contributed by atoms with Gasteiger partial charge in [-0.3, -0.25) is 9.59 Å². The summed E-state index contributed by atoms with van der Waals surface area (Å²) in [5.41, 5.74) is 0.246. The molecular formula is C11H13BrO2. The fraction of sp³-hybridized carbons (Fsp3) is 0.818. The predicted octanol–water partition coefficient (Wildman–Crippen LogP) is 2.10. The van der Waals surface area contributed by atoms with Crippen LogP contribution < -0.4 is 0 Å². The molecular weight excluding hydrogens is 244 g/mol. The van der Waals surface area contributed by atoms with E-state index in [0.29, 0.717) is 24.5 Å². The van der Waals surface area contributed by atoms with Crippen molar-refractivity contribution in [2.24, 2.45) is 17.3 Å². The van der Waals surface area contributed by atoms with Crippen LogP contribution in [-0.4, -0.2) is 15.9 Å². The van der Waals surface area contributed by atoms with E-state index in [4.69, 9.17) is 0 Å². The van der Waals surface area contributed by atoms with Gasteiger partial charge in [-0.25, -0.2) is 0 Å². The van der Waals surface area contributed by atoms with Gasteiger partial charge in [0.15, 0.2) is 5.78 Å². The van der Waals surface area contributed by atoms with E-state index < -0.39 is 4.32 Å². The SMILES string of the molecule is C[C@@]12CCC(=O)[C@H]3[C@@H]1CC(=O)[C@@]3(Br)C2. The van der Waals surface area contributed by atoms with Gasteiger partial charge in [-0.05, 0) is 24.2 Å². The van der Waals surface area contributed by atoms with Crippen molar-refractivity contribution in [1.82, 2.24) is 0 Å². The number of halogens is 1. The van der Waals surface area contributed by atoms with E-state index in [1.54, 1.807) is 0 Å². The van der Waals surface area contributed by atoms with Gasteiger partial charge in [-0.1, -0.05) is 22.9 Å². The van der Waals surface area contributed by atoms with Crippen LogP contribution in [0.3, 0.4) is 0 Å².